The van der Waals surface area contributed by atoms with Crippen molar-refractivity contribution in [2.75, 3.05) is 4.90 Å². The molecule has 0 bridgehead atoms. The Bertz CT molecular complexity index is 3030. The van der Waals surface area contributed by atoms with Crippen molar-refractivity contribution in [1.29, 1.82) is 0 Å². The van der Waals surface area contributed by atoms with Crippen molar-refractivity contribution in [3.8, 4) is 44.5 Å². The summed E-state index contributed by atoms with van der Waals surface area (Å²) in [6.45, 7) is 0. The van der Waals surface area contributed by atoms with Crippen LogP contribution in [-0.2, 0) is 5.41 Å². The summed E-state index contributed by atoms with van der Waals surface area (Å²) in [7, 11) is 0. The van der Waals surface area contributed by atoms with Gasteiger partial charge in [-0.3, -0.25) is 0 Å². The maximum absolute atomic E-state index is 9.89. The molecular weight excluding hydrogens is 675 g/mol. The Balaban J connectivity index is 1.43. The van der Waals surface area contributed by atoms with Crippen LogP contribution >= 0.6 is 0 Å². The van der Waals surface area contributed by atoms with Gasteiger partial charge in [0.15, 0.2) is 0 Å². The Kier molecular flexibility index (Phi) is 6.53. The van der Waals surface area contributed by atoms with Crippen molar-refractivity contribution in [3.05, 3.63) is 259 Å². The molecule has 1 nitrogen and oxygen atoms in total. The molecule has 10 rings (SSSR count). The van der Waals surface area contributed by atoms with Gasteiger partial charge in [-0.15, -0.1) is 0 Å². The van der Waals surface area contributed by atoms with Crippen LogP contribution in [0.1, 0.15) is 33.2 Å². The van der Waals surface area contributed by atoms with E-state index in [2.05, 4.69) is 36.4 Å². The molecule has 1 aliphatic carbocycles. The Labute approximate surface area is 340 Å². The first-order valence-electron chi connectivity index (χ1n) is 22.7. The second kappa shape index (κ2) is 14.2. The number of rotatable bonds is 8. The third kappa shape index (κ3) is 5.56. The fraction of sp³-hybridized carbons (Fsp3) is 0.0182. The smallest absolute Gasteiger partial charge is 0.0714 e. The summed E-state index contributed by atoms with van der Waals surface area (Å²) in [6, 6.07) is 57.3. The zero-order valence-corrected chi connectivity index (χ0v) is 30.3. The minimum Gasteiger partial charge on any atom is -0.309 e. The van der Waals surface area contributed by atoms with Crippen molar-refractivity contribution in [1.82, 2.24) is 0 Å². The second-order valence-electron chi connectivity index (χ2n) is 13.8. The van der Waals surface area contributed by atoms with Crippen LogP contribution in [-0.4, -0.2) is 0 Å². The highest BCUT2D eigenvalue weighted by molar-refractivity contribution is 6.03. The average molecular weight is 722 g/mol. The molecule has 0 radical (unpaired) electrons. The van der Waals surface area contributed by atoms with Crippen molar-refractivity contribution >= 4 is 17.1 Å². The van der Waals surface area contributed by atoms with Gasteiger partial charge in [0.2, 0.25) is 0 Å². The number of fused-ring (bicyclic) bond motifs is 3. The predicted molar refractivity (Wildman–Crippen MR) is 235 cm³/mol. The van der Waals surface area contributed by atoms with Crippen LogP contribution in [0.4, 0.5) is 17.1 Å². The van der Waals surface area contributed by atoms with Gasteiger partial charge in [0.05, 0.1) is 22.1 Å². The molecule has 0 heterocycles. The lowest BCUT2D eigenvalue weighted by molar-refractivity contribution is 0.768. The quantitative estimate of drug-likeness (QED) is 0.151. The number of nitrogens with zero attached hydrogens (tertiary/aromatic N) is 1. The molecule has 0 fully saturated rings. The van der Waals surface area contributed by atoms with E-state index in [0.717, 1.165) is 33.4 Å². The molecule has 9 aromatic carbocycles. The lowest BCUT2D eigenvalue weighted by Gasteiger charge is -2.35. The second-order valence-corrected chi connectivity index (χ2v) is 13.8. The molecule has 0 spiro atoms. The topological polar surface area (TPSA) is 3.24 Å². The highest BCUT2D eigenvalue weighted by Gasteiger charge is 2.47. The Morgan fingerprint density at radius 3 is 1.21 bits per heavy atom. The van der Waals surface area contributed by atoms with Crippen LogP contribution < -0.4 is 4.90 Å². The van der Waals surface area contributed by atoms with E-state index in [9.17, 15) is 11.0 Å². The van der Waals surface area contributed by atoms with Crippen LogP contribution in [0, 0.1) is 0 Å². The van der Waals surface area contributed by atoms with Gasteiger partial charge in [-0.25, -0.2) is 0 Å². The molecule has 0 N–H and O–H groups in total. The molecule has 0 atom stereocenters. The molecule has 0 saturated carbocycles. The van der Waals surface area contributed by atoms with Crippen molar-refractivity contribution < 1.29 is 11.0 Å². The maximum Gasteiger partial charge on any atom is 0.0714 e. The van der Waals surface area contributed by atoms with Gasteiger partial charge in [0, 0.05) is 22.5 Å². The van der Waals surface area contributed by atoms with E-state index in [0.29, 0.717) is 27.9 Å². The lowest BCUT2D eigenvalue weighted by atomic mass is 9.67. The van der Waals surface area contributed by atoms with Gasteiger partial charge in [-0.2, -0.15) is 0 Å². The van der Waals surface area contributed by atoms with Gasteiger partial charge >= 0.3 is 0 Å². The van der Waals surface area contributed by atoms with Gasteiger partial charge in [-0.05, 0) is 79.8 Å². The third-order valence-electron chi connectivity index (χ3n) is 10.7. The summed E-state index contributed by atoms with van der Waals surface area (Å²) >= 11 is 0. The first-order chi connectivity index (χ1) is 31.2. The van der Waals surface area contributed by atoms with E-state index in [4.69, 9.17) is 0 Å². The van der Waals surface area contributed by atoms with Gasteiger partial charge in [-0.1, -0.05) is 212 Å². The van der Waals surface area contributed by atoms with Gasteiger partial charge in [0.1, 0.15) is 0 Å². The van der Waals surface area contributed by atoms with Crippen LogP contribution in [0.25, 0.3) is 44.5 Å². The van der Waals surface area contributed by atoms with Crippen molar-refractivity contribution in [3.63, 3.8) is 0 Å². The molecule has 0 unspecified atom stereocenters. The van der Waals surface area contributed by atoms with Crippen molar-refractivity contribution in [2.24, 2.45) is 0 Å². The van der Waals surface area contributed by atoms with Crippen LogP contribution in [0.2, 0.25) is 0 Å². The third-order valence-corrected chi connectivity index (χ3v) is 10.7. The Morgan fingerprint density at radius 2 is 0.732 bits per heavy atom. The van der Waals surface area contributed by atoms with E-state index < -0.39 is 29.6 Å². The number of hydrogen-bond acceptors (Lipinski definition) is 1. The highest BCUT2D eigenvalue weighted by Crippen LogP contribution is 2.61. The lowest BCUT2D eigenvalue weighted by Crippen LogP contribution is -2.28. The van der Waals surface area contributed by atoms with Gasteiger partial charge < -0.3 is 4.90 Å². The number of hydrogen-bond donors (Lipinski definition) is 0. The molecule has 0 amide bonds. The number of benzene rings is 9. The molecule has 56 heavy (non-hydrogen) atoms. The molecule has 1 aliphatic rings. The summed E-state index contributed by atoms with van der Waals surface area (Å²) in [6.07, 6.45) is 0. The van der Waals surface area contributed by atoms with Gasteiger partial charge in [0.25, 0.3) is 0 Å². The monoisotopic (exact) mass is 721 g/mol. The summed E-state index contributed by atoms with van der Waals surface area (Å²) in [5.74, 6) is 0. The fourth-order valence-corrected chi connectivity index (χ4v) is 8.27. The molecule has 0 aromatic heterocycles. The fourth-order valence-electron chi connectivity index (χ4n) is 8.27. The maximum atomic E-state index is 9.89. The molecule has 1 heteroatoms. The zero-order valence-electron chi connectivity index (χ0n) is 38.3. The predicted octanol–water partition coefficient (Wildman–Crippen LogP) is 14.5. The van der Waals surface area contributed by atoms with E-state index in [-0.39, 0.29) is 46.7 Å². The molecule has 0 aliphatic heterocycles. The van der Waals surface area contributed by atoms with Crippen LogP contribution in [0.15, 0.2) is 236 Å². The number of anilines is 3. The summed E-state index contributed by atoms with van der Waals surface area (Å²) < 4.78 is 77.8. The standard InChI is InChI=1S/C55H39N/c1-6-18-40(19-7-1)42-30-34-47(35-31-42)56(48-36-32-43(33-37-48)41-20-8-2-9-21-41)54-49(44-22-10-3-11-23-44)38-39-52-53(54)50-28-16-17-29-51(50)55(52,45-24-12-4-13-25-45)46-26-14-5-15-27-46/h1-39H/i30D,31D,32D,33D,34D,35D,36D,37D. The van der Waals surface area contributed by atoms with E-state index in [1.54, 1.807) is 48.5 Å². The summed E-state index contributed by atoms with van der Waals surface area (Å²) in [4.78, 5) is 1.50. The average Bonchev–Trinajstić information content (AvgIpc) is 3.65. The molecular formula is C55H39N. The van der Waals surface area contributed by atoms with E-state index in [1.807, 2.05) is 103 Å². The van der Waals surface area contributed by atoms with Crippen LogP contribution in [0.5, 0.6) is 0 Å². The highest BCUT2D eigenvalue weighted by atomic mass is 15.1. The Hall–Kier alpha value is -7.22. The largest absolute Gasteiger partial charge is 0.309 e. The zero-order chi connectivity index (χ0) is 44.3. The normalized spacial score (nSPS) is 14.4. The minimum atomic E-state index is -0.901. The molecule has 0 saturated heterocycles. The summed E-state index contributed by atoms with van der Waals surface area (Å²) in [5, 5.41) is 0. The van der Waals surface area contributed by atoms with Crippen LogP contribution in [0.3, 0.4) is 0 Å². The SMILES string of the molecule is [2H]c1c([2H])c(N(c2c([2H])c([2H])c(-c3ccccc3)c([2H])c2[2H])c2c(-c3ccccc3)ccc3c2-c2ccccc2C3(c2ccccc2)c2ccccc2)c([2H])c([2H])c1-c1ccccc1. The van der Waals surface area contributed by atoms with Crippen molar-refractivity contribution in [2.45, 2.75) is 5.41 Å². The van der Waals surface area contributed by atoms with E-state index >= 15 is 0 Å². The minimum absolute atomic E-state index is 0.109. The molecule has 9 aromatic rings. The Morgan fingerprint density at radius 1 is 0.321 bits per heavy atom. The molecule has 264 valence electrons. The first-order valence-corrected chi connectivity index (χ1v) is 18.7. The van der Waals surface area contributed by atoms with E-state index in [1.165, 1.54) is 4.90 Å². The first kappa shape index (κ1) is 25.7. The summed E-state index contributed by atoms with van der Waals surface area (Å²) in [5.41, 5.74) is 7.02.